The van der Waals surface area contributed by atoms with Gasteiger partial charge in [-0.2, -0.15) is 10.2 Å². The van der Waals surface area contributed by atoms with Crippen molar-refractivity contribution in [1.29, 1.82) is 0 Å². The maximum atomic E-state index is 5.98. The molecule has 3 rings (SSSR count). The number of nitrogen functional groups attached to an aromatic ring is 1. The molecule has 0 unspecified atom stereocenters. The molecule has 0 aliphatic carbocycles. The number of imidazole rings is 1. The van der Waals surface area contributed by atoms with Crippen molar-refractivity contribution in [3.63, 3.8) is 0 Å². The number of nitrogens with two attached hydrogens (primary N) is 1. The van der Waals surface area contributed by atoms with Crippen LogP contribution in [0.25, 0.3) is 22.4 Å². The predicted octanol–water partition coefficient (Wildman–Crippen LogP) is 2.98. The first kappa shape index (κ1) is 12.1. The van der Waals surface area contributed by atoms with Crippen molar-refractivity contribution in [3.05, 3.63) is 34.1 Å². The van der Waals surface area contributed by atoms with Gasteiger partial charge in [-0.3, -0.25) is 0 Å². The summed E-state index contributed by atoms with van der Waals surface area (Å²) in [5.41, 5.74) is 10.9. The number of nitrogens with zero attached hydrogens (tertiary/aromatic N) is 3. The first-order valence-corrected chi connectivity index (χ1v) is 6.60. The molecule has 0 atom stereocenters. The van der Waals surface area contributed by atoms with E-state index in [9.17, 15) is 0 Å². The van der Waals surface area contributed by atoms with E-state index in [0.29, 0.717) is 5.69 Å². The summed E-state index contributed by atoms with van der Waals surface area (Å²) in [5.74, 6) is 0.760. The lowest BCUT2D eigenvalue weighted by atomic mass is 10.2. The average Bonchev–Trinajstić information content (AvgIpc) is 2.76. The Kier molecular flexibility index (Phi) is 2.74. The SMILES string of the molecule is Cc1cc(-c2nc3c(N)cc(Br)cc3[nH]2)c(C)nn1. The topological polar surface area (TPSA) is 80.5 Å². The molecule has 3 aromatic rings. The Morgan fingerprint density at radius 2 is 1.95 bits per heavy atom. The summed E-state index contributed by atoms with van der Waals surface area (Å²) in [7, 11) is 0. The fourth-order valence-electron chi connectivity index (χ4n) is 2.02. The molecular formula is C13H12BrN5. The van der Waals surface area contributed by atoms with Gasteiger partial charge in [0.1, 0.15) is 11.3 Å². The maximum Gasteiger partial charge on any atom is 0.140 e. The molecule has 5 nitrogen and oxygen atoms in total. The van der Waals surface area contributed by atoms with Crippen LogP contribution >= 0.6 is 15.9 Å². The molecule has 0 saturated carbocycles. The normalized spacial score (nSPS) is 11.1. The quantitative estimate of drug-likeness (QED) is 0.676. The molecule has 96 valence electrons. The Morgan fingerprint density at radius 3 is 2.74 bits per heavy atom. The molecule has 1 aromatic carbocycles. The lowest BCUT2D eigenvalue weighted by molar-refractivity contribution is 0.940. The Balaban J connectivity index is 2.26. The number of halogens is 1. The summed E-state index contributed by atoms with van der Waals surface area (Å²) in [4.78, 5) is 7.83. The fourth-order valence-corrected chi connectivity index (χ4v) is 2.50. The number of rotatable bonds is 1. The van der Waals surface area contributed by atoms with Crippen LogP contribution in [0.5, 0.6) is 0 Å². The van der Waals surface area contributed by atoms with Crippen LogP contribution in [-0.4, -0.2) is 20.2 Å². The van der Waals surface area contributed by atoms with E-state index in [2.05, 4.69) is 36.1 Å². The van der Waals surface area contributed by atoms with Gasteiger partial charge in [-0.25, -0.2) is 4.98 Å². The number of nitrogens with one attached hydrogen (secondary N) is 1. The van der Waals surface area contributed by atoms with Gasteiger partial charge in [0.15, 0.2) is 0 Å². The standard InChI is InChI=1S/C13H12BrN5/c1-6-3-9(7(2)19-18-6)13-16-11-5-8(14)4-10(15)12(11)17-13/h3-5H,15H2,1-2H3,(H,16,17). The Bertz CT molecular complexity index is 778. The molecular weight excluding hydrogens is 306 g/mol. The van der Waals surface area contributed by atoms with Crippen molar-refractivity contribution in [3.8, 4) is 11.4 Å². The largest absolute Gasteiger partial charge is 0.397 e. The van der Waals surface area contributed by atoms with Gasteiger partial charge in [-0.05, 0) is 32.0 Å². The second-order valence-corrected chi connectivity index (χ2v) is 5.38. The molecule has 6 heteroatoms. The molecule has 0 saturated heterocycles. The Labute approximate surface area is 118 Å². The number of H-pyrrole nitrogens is 1. The monoisotopic (exact) mass is 317 g/mol. The van der Waals surface area contributed by atoms with Crippen LogP contribution in [0.15, 0.2) is 22.7 Å². The zero-order valence-electron chi connectivity index (χ0n) is 10.5. The van der Waals surface area contributed by atoms with E-state index >= 15 is 0 Å². The Hall–Kier alpha value is -1.95. The van der Waals surface area contributed by atoms with Crippen LogP contribution in [-0.2, 0) is 0 Å². The number of fused-ring (bicyclic) bond motifs is 1. The molecule has 0 amide bonds. The summed E-state index contributed by atoms with van der Waals surface area (Å²) in [5, 5.41) is 8.14. The highest BCUT2D eigenvalue weighted by molar-refractivity contribution is 9.10. The van der Waals surface area contributed by atoms with Crippen LogP contribution in [0, 0.1) is 13.8 Å². The molecule has 0 aliphatic rings. The molecule has 0 bridgehead atoms. The second kappa shape index (κ2) is 4.31. The second-order valence-electron chi connectivity index (χ2n) is 4.46. The minimum absolute atomic E-state index is 0.642. The van der Waals surface area contributed by atoms with Gasteiger partial charge in [0, 0.05) is 10.0 Å². The maximum absolute atomic E-state index is 5.98. The summed E-state index contributed by atoms with van der Waals surface area (Å²) in [6.07, 6.45) is 0. The average molecular weight is 318 g/mol. The smallest absolute Gasteiger partial charge is 0.140 e. The van der Waals surface area contributed by atoms with Crippen LogP contribution in [0.2, 0.25) is 0 Å². The third kappa shape index (κ3) is 2.08. The summed E-state index contributed by atoms with van der Waals surface area (Å²) in [6.45, 7) is 3.82. The van der Waals surface area contributed by atoms with Gasteiger partial charge >= 0.3 is 0 Å². The molecule has 2 aromatic heterocycles. The third-order valence-corrected chi connectivity index (χ3v) is 3.39. The van der Waals surface area contributed by atoms with Crippen LogP contribution < -0.4 is 5.73 Å². The minimum atomic E-state index is 0.642. The van der Waals surface area contributed by atoms with E-state index in [1.165, 1.54) is 0 Å². The van der Waals surface area contributed by atoms with Crippen molar-refractivity contribution in [2.45, 2.75) is 13.8 Å². The van der Waals surface area contributed by atoms with Gasteiger partial charge in [0.25, 0.3) is 0 Å². The van der Waals surface area contributed by atoms with Gasteiger partial charge in [-0.1, -0.05) is 15.9 Å². The number of hydrogen-bond acceptors (Lipinski definition) is 4. The van der Waals surface area contributed by atoms with Gasteiger partial charge in [0.2, 0.25) is 0 Å². The number of hydrogen-bond donors (Lipinski definition) is 2. The van der Waals surface area contributed by atoms with Crippen molar-refractivity contribution >= 4 is 32.7 Å². The Morgan fingerprint density at radius 1 is 1.16 bits per heavy atom. The highest BCUT2D eigenvalue weighted by atomic mass is 79.9. The van der Waals surface area contributed by atoms with Gasteiger partial charge in [-0.15, -0.1) is 0 Å². The van der Waals surface area contributed by atoms with Gasteiger partial charge < -0.3 is 10.7 Å². The van der Waals surface area contributed by atoms with E-state index in [1.54, 1.807) is 0 Å². The summed E-state index contributed by atoms with van der Waals surface area (Å²) in [6, 6.07) is 5.76. The molecule has 0 aliphatic heterocycles. The van der Waals surface area contributed by atoms with Crippen molar-refractivity contribution in [2.75, 3.05) is 5.73 Å². The van der Waals surface area contributed by atoms with Crippen LogP contribution in [0.3, 0.4) is 0 Å². The lowest BCUT2D eigenvalue weighted by Gasteiger charge is -2.01. The number of aromatic amines is 1. The number of anilines is 1. The van der Waals surface area contributed by atoms with E-state index < -0.39 is 0 Å². The van der Waals surface area contributed by atoms with Crippen molar-refractivity contribution < 1.29 is 0 Å². The van der Waals surface area contributed by atoms with E-state index in [4.69, 9.17) is 5.73 Å². The van der Waals surface area contributed by atoms with Crippen LogP contribution in [0.4, 0.5) is 5.69 Å². The highest BCUT2D eigenvalue weighted by Gasteiger charge is 2.11. The van der Waals surface area contributed by atoms with E-state index in [-0.39, 0.29) is 0 Å². The van der Waals surface area contributed by atoms with Crippen molar-refractivity contribution in [2.24, 2.45) is 0 Å². The van der Waals surface area contributed by atoms with Crippen LogP contribution in [0.1, 0.15) is 11.4 Å². The fraction of sp³-hybridized carbons (Fsp3) is 0.154. The molecule has 0 radical (unpaired) electrons. The molecule has 2 heterocycles. The number of aromatic nitrogens is 4. The first-order chi connectivity index (χ1) is 9.04. The summed E-state index contributed by atoms with van der Waals surface area (Å²) < 4.78 is 0.924. The van der Waals surface area contributed by atoms with Crippen molar-refractivity contribution in [1.82, 2.24) is 20.2 Å². The molecule has 19 heavy (non-hydrogen) atoms. The van der Waals surface area contributed by atoms with E-state index in [1.807, 2.05) is 32.0 Å². The molecule has 0 spiro atoms. The minimum Gasteiger partial charge on any atom is -0.397 e. The predicted molar refractivity (Wildman–Crippen MR) is 78.7 cm³/mol. The highest BCUT2D eigenvalue weighted by Crippen LogP contribution is 2.28. The lowest BCUT2D eigenvalue weighted by Crippen LogP contribution is -1.94. The van der Waals surface area contributed by atoms with E-state index in [0.717, 1.165) is 38.3 Å². The zero-order chi connectivity index (χ0) is 13.6. The van der Waals surface area contributed by atoms with Gasteiger partial charge in [0.05, 0.1) is 22.6 Å². The molecule has 3 N–H and O–H groups in total. The zero-order valence-corrected chi connectivity index (χ0v) is 12.1. The molecule has 0 fully saturated rings. The number of aryl methyl sites for hydroxylation is 2. The third-order valence-electron chi connectivity index (χ3n) is 2.94. The summed E-state index contributed by atoms with van der Waals surface area (Å²) >= 11 is 3.42. The first-order valence-electron chi connectivity index (χ1n) is 5.80. The number of benzene rings is 1.